The minimum Gasteiger partial charge on any atom is -0.368 e. The first-order valence-corrected chi connectivity index (χ1v) is 5.54. The molecule has 0 amide bonds. The van der Waals surface area contributed by atoms with Gasteiger partial charge in [-0.05, 0) is 39.0 Å². The highest BCUT2D eigenvalue weighted by Crippen LogP contribution is 2.11. The highest BCUT2D eigenvalue weighted by molar-refractivity contribution is 5.77. The van der Waals surface area contributed by atoms with E-state index >= 15 is 0 Å². The molecule has 2 rings (SSSR count). The minimum atomic E-state index is 0.298. The number of hydrogen-bond acceptors (Lipinski definition) is 5. The Balaban J connectivity index is 1.94. The average Bonchev–Trinajstić information content (AvgIpc) is 2.28. The van der Waals surface area contributed by atoms with E-state index < -0.39 is 0 Å². The Bertz CT molecular complexity index is 368. The molecule has 0 aliphatic carbocycles. The lowest BCUT2D eigenvalue weighted by molar-refractivity contribution is 0.257. The Hall–Kier alpha value is -1.49. The normalized spacial score (nSPS) is 19.3. The summed E-state index contributed by atoms with van der Waals surface area (Å²) in [6.45, 7) is 2.24. The van der Waals surface area contributed by atoms with Crippen molar-refractivity contribution >= 4 is 12.2 Å². The van der Waals surface area contributed by atoms with Gasteiger partial charge in [0, 0.05) is 12.4 Å². The molecule has 86 valence electrons. The summed E-state index contributed by atoms with van der Waals surface area (Å²) in [5, 5.41) is 0. The van der Waals surface area contributed by atoms with E-state index in [1.807, 2.05) is 6.07 Å². The van der Waals surface area contributed by atoms with E-state index in [0.29, 0.717) is 12.0 Å². The van der Waals surface area contributed by atoms with Crippen molar-refractivity contribution in [3.05, 3.63) is 18.0 Å². The molecule has 0 atom stereocenters. The zero-order valence-electron chi connectivity index (χ0n) is 9.50. The first-order valence-electron chi connectivity index (χ1n) is 5.54. The molecule has 2 N–H and O–H groups in total. The number of nitrogens with two attached hydrogens (primary N) is 1. The SMILES string of the molecule is CN1CCC(N=Cc2ccnc(N)n2)CC1. The van der Waals surface area contributed by atoms with Crippen LogP contribution in [0.15, 0.2) is 17.3 Å². The molecule has 16 heavy (non-hydrogen) atoms. The van der Waals surface area contributed by atoms with E-state index in [9.17, 15) is 0 Å². The smallest absolute Gasteiger partial charge is 0.220 e. The molecule has 0 saturated carbocycles. The zero-order chi connectivity index (χ0) is 11.4. The number of piperidine rings is 1. The largest absolute Gasteiger partial charge is 0.368 e. The number of aromatic nitrogens is 2. The van der Waals surface area contributed by atoms with Gasteiger partial charge in [0.1, 0.15) is 0 Å². The summed E-state index contributed by atoms with van der Waals surface area (Å²) in [4.78, 5) is 14.8. The summed E-state index contributed by atoms with van der Waals surface area (Å²) in [5.41, 5.74) is 6.28. The van der Waals surface area contributed by atoms with Crippen LogP contribution in [0.5, 0.6) is 0 Å². The number of nitrogens with zero attached hydrogens (tertiary/aromatic N) is 4. The Morgan fingerprint density at radius 1 is 1.50 bits per heavy atom. The predicted octanol–water partition coefficient (Wildman–Crippen LogP) is 0.572. The fourth-order valence-corrected chi connectivity index (χ4v) is 1.79. The molecule has 0 aromatic carbocycles. The van der Waals surface area contributed by atoms with Gasteiger partial charge < -0.3 is 10.6 Å². The van der Waals surface area contributed by atoms with E-state index in [-0.39, 0.29) is 0 Å². The number of anilines is 1. The second-order valence-electron chi connectivity index (χ2n) is 4.15. The molecule has 1 aromatic heterocycles. The zero-order valence-corrected chi connectivity index (χ0v) is 9.50. The average molecular weight is 219 g/mol. The van der Waals surface area contributed by atoms with Crippen molar-refractivity contribution in [1.82, 2.24) is 14.9 Å². The van der Waals surface area contributed by atoms with Crippen molar-refractivity contribution in [3.63, 3.8) is 0 Å². The summed E-state index contributed by atoms with van der Waals surface area (Å²) in [5.74, 6) is 0.298. The van der Waals surface area contributed by atoms with Gasteiger partial charge in [0.2, 0.25) is 5.95 Å². The van der Waals surface area contributed by atoms with Crippen LogP contribution in [0.25, 0.3) is 0 Å². The maximum atomic E-state index is 5.49. The molecule has 5 heteroatoms. The lowest BCUT2D eigenvalue weighted by atomic mass is 10.1. The number of rotatable bonds is 2. The van der Waals surface area contributed by atoms with Crippen LogP contribution in [0, 0.1) is 0 Å². The van der Waals surface area contributed by atoms with Crippen LogP contribution in [0.4, 0.5) is 5.95 Å². The van der Waals surface area contributed by atoms with Gasteiger partial charge in [-0.3, -0.25) is 4.99 Å². The molecule has 1 aliphatic heterocycles. The summed E-state index contributed by atoms with van der Waals surface area (Å²) in [7, 11) is 2.14. The topological polar surface area (TPSA) is 67.4 Å². The van der Waals surface area contributed by atoms with Crippen LogP contribution in [0.1, 0.15) is 18.5 Å². The van der Waals surface area contributed by atoms with E-state index in [2.05, 4.69) is 26.9 Å². The van der Waals surface area contributed by atoms with Crippen LogP contribution < -0.4 is 5.73 Å². The molecule has 1 aliphatic rings. The quantitative estimate of drug-likeness (QED) is 0.738. The van der Waals surface area contributed by atoms with E-state index in [4.69, 9.17) is 5.73 Å². The molecule has 1 aromatic rings. The molecule has 1 saturated heterocycles. The van der Waals surface area contributed by atoms with Gasteiger partial charge >= 0.3 is 0 Å². The van der Waals surface area contributed by atoms with Gasteiger partial charge in [-0.2, -0.15) is 0 Å². The van der Waals surface area contributed by atoms with Gasteiger partial charge in [-0.1, -0.05) is 0 Å². The molecule has 5 nitrogen and oxygen atoms in total. The number of hydrogen-bond donors (Lipinski definition) is 1. The predicted molar refractivity (Wildman–Crippen MR) is 64.6 cm³/mol. The van der Waals surface area contributed by atoms with Crippen molar-refractivity contribution in [2.24, 2.45) is 4.99 Å². The Morgan fingerprint density at radius 3 is 2.94 bits per heavy atom. The van der Waals surface area contributed by atoms with Crippen molar-refractivity contribution in [2.75, 3.05) is 25.9 Å². The highest BCUT2D eigenvalue weighted by atomic mass is 15.1. The first kappa shape index (κ1) is 11.0. The van der Waals surface area contributed by atoms with Gasteiger partial charge in [0.25, 0.3) is 0 Å². The van der Waals surface area contributed by atoms with Crippen molar-refractivity contribution in [1.29, 1.82) is 0 Å². The van der Waals surface area contributed by atoms with E-state index in [0.717, 1.165) is 31.6 Å². The van der Waals surface area contributed by atoms with E-state index in [1.54, 1.807) is 12.4 Å². The van der Waals surface area contributed by atoms with Gasteiger partial charge in [-0.25, -0.2) is 9.97 Å². The second kappa shape index (κ2) is 5.03. The Kier molecular flexibility index (Phi) is 3.46. The Morgan fingerprint density at radius 2 is 2.25 bits per heavy atom. The summed E-state index contributed by atoms with van der Waals surface area (Å²) >= 11 is 0. The minimum absolute atomic E-state index is 0.298. The highest BCUT2D eigenvalue weighted by Gasteiger charge is 2.14. The fraction of sp³-hybridized carbons (Fsp3) is 0.545. The van der Waals surface area contributed by atoms with Crippen molar-refractivity contribution < 1.29 is 0 Å². The van der Waals surface area contributed by atoms with Crippen LogP contribution in [0.3, 0.4) is 0 Å². The van der Waals surface area contributed by atoms with Crippen LogP contribution in [-0.4, -0.2) is 47.3 Å². The molecular formula is C11H17N5. The third kappa shape index (κ3) is 3.00. The maximum Gasteiger partial charge on any atom is 0.220 e. The fourth-order valence-electron chi connectivity index (χ4n) is 1.79. The number of nitrogen functional groups attached to an aromatic ring is 1. The first-order chi connectivity index (χ1) is 7.74. The number of likely N-dealkylation sites (tertiary alicyclic amines) is 1. The third-order valence-electron chi connectivity index (χ3n) is 2.80. The molecule has 0 bridgehead atoms. The van der Waals surface area contributed by atoms with Crippen molar-refractivity contribution in [3.8, 4) is 0 Å². The van der Waals surface area contributed by atoms with Crippen molar-refractivity contribution in [2.45, 2.75) is 18.9 Å². The third-order valence-corrected chi connectivity index (χ3v) is 2.80. The number of aliphatic imine (C=N–C) groups is 1. The second-order valence-corrected chi connectivity index (χ2v) is 4.15. The lowest BCUT2D eigenvalue weighted by Gasteiger charge is -2.26. The molecule has 0 spiro atoms. The van der Waals surface area contributed by atoms with Crippen LogP contribution >= 0.6 is 0 Å². The van der Waals surface area contributed by atoms with Gasteiger partial charge in [0.15, 0.2) is 0 Å². The summed E-state index contributed by atoms with van der Waals surface area (Å²) in [6.07, 6.45) is 5.69. The van der Waals surface area contributed by atoms with Crippen LogP contribution in [-0.2, 0) is 0 Å². The lowest BCUT2D eigenvalue weighted by Crippen LogP contribution is -2.32. The van der Waals surface area contributed by atoms with Gasteiger partial charge in [-0.15, -0.1) is 0 Å². The monoisotopic (exact) mass is 219 g/mol. The molecule has 2 heterocycles. The van der Waals surface area contributed by atoms with E-state index in [1.165, 1.54) is 0 Å². The molecule has 0 unspecified atom stereocenters. The molecule has 0 radical (unpaired) electrons. The maximum absolute atomic E-state index is 5.49. The van der Waals surface area contributed by atoms with Crippen LogP contribution in [0.2, 0.25) is 0 Å². The summed E-state index contributed by atoms with van der Waals surface area (Å²) in [6, 6.07) is 2.24. The summed E-state index contributed by atoms with van der Waals surface area (Å²) < 4.78 is 0. The molecular weight excluding hydrogens is 202 g/mol. The molecule has 1 fully saturated rings. The standard InChI is InChI=1S/C11H17N5/c1-16-6-3-9(4-7-16)14-8-10-2-5-13-11(12)15-10/h2,5,8-9H,3-4,6-7H2,1H3,(H2,12,13,15). The van der Waals surface area contributed by atoms with Gasteiger partial charge in [0.05, 0.1) is 11.7 Å². The Labute approximate surface area is 95.4 Å².